The van der Waals surface area contributed by atoms with Crippen molar-refractivity contribution in [3.63, 3.8) is 0 Å². The summed E-state index contributed by atoms with van der Waals surface area (Å²) < 4.78 is 1.46. The summed E-state index contributed by atoms with van der Waals surface area (Å²) in [6.45, 7) is 0. The van der Waals surface area contributed by atoms with Gasteiger partial charge in [0, 0.05) is 11.8 Å². The van der Waals surface area contributed by atoms with E-state index in [1.807, 2.05) is 0 Å². The minimum atomic E-state index is -0.905. The van der Waals surface area contributed by atoms with Crippen molar-refractivity contribution >= 4 is 23.2 Å². The molecule has 0 radical (unpaired) electrons. The van der Waals surface area contributed by atoms with E-state index in [1.165, 1.54) is 4.52 Å². The van der Waals surface area contributed by atoms with Crippen LogP contribution in [0.4, 0.5) is 0 Å². The summed E-state index contributed by atoms with van der Waals surface area (Å²) in [4.78, 5) is 14.4. The molecule has 0 atom stereocenters. The Kier molecular flexibility index (Phi) is 2.09. The highest BCUT2D eigenvalue weighted by atomic mass is 35.5. The van der Waals surface area contributed by atoms with Gasteiger partial charge in [0.25, 0.3) is 0 Å². The minimum Gasteiger partial charge on any atom is -0.481 e. The molecule has 0 aliphatic heterocycles. The Morgan fingerprint density at radius 2 is 2.43 bits per heavy atom. The standard InChI is InChI=1S/C8H6ClN3O2/c9-8-10-7-5(4-6(13)14)2-1-3-12(7)11-8/h1-3H,4H2,(H,13,14). The quantitative estimate of drug-likeness (QED) is 0.805. The van der Waals surface area contributed by atoms with Crippen LogP contribution >= 0.6 is 11.6 Å². The predicted molar refractivity (Wildman–Crippen MR) is 49.3 cm³/mol. The van der Waals surface area contributed by atoms with Crippen LogP contribution in [0.2, 0.25) is 5.28 Å². The first-order valence-electron chi connectivity index (χ1n) is 3.88. The van der Waals surface area contributed by atoms with Crippen molar-refractivity contribution in [1.29, 1.82) is 0 Å². The molecule has 0 saturated carbocycles. The third-order valence-electron chi connectivity index (χ3n) is 1.76. The van der Waals surface area contributed by atoms with Crippen molar-refractivity contribution in [2.45, 2.75) is 6.42 Å². The van der Waals surface area contributed by atoms with Crippen LogP contribution in [0.15, 0.2) is 18.3 Å². The Hall–Kier alpha value is -1.62. The number of hydrogen-bond acceptors (Lipinski definition) is 3. The number of carbonyl (C=O) groups is 1. The molecule has 5 nitrogen and oxygen atoms in total. The summed E-state index contributed by atoms with van der Waals surface area (Å²) in [7, 11) is 0. The van der Waals surface area contributed by atoms with Crippen molar-refractivity contribution in [3.8, 4) is 0 Å². The van der Waals surface area contributed by atoms with E-state index in [9.17, 15) is 4.79 Å². The molecule has 0 aliphatic rings. The molecule has 0 aliphatic carbocycles. The Bertz CT molecular complexity index is 494. The lowest BCUT2D eigenvalue weighted by molar-refractivity contribution is -0.136. The summed E-state index contributed by atoms with van der Waals surface area (Å²) in [6, 6.07) is 3.39. The van der Waals surface area contributed by atoms with Crippen LogP contribution in [0.3, 0.4) is 0 Å². The molecule has 6 heteroatoms. The van der Waals surface area contributed by atoms with E-state index in [2.05, 4.69) is 10.1 Å². The minimum absolute atomic E-state index is 0.0840. The Morgan fingerprint density at radius 1 is 1.64 bits per heavy atom. The molecule has 2 aromatic heterocycles. The monoisotopic (exact) mass is 211 g/mol. The molecule has 1 N–H and O–H groups in total. The van der Waals surface area contributed by atoms with Crippen LogP contribution in [0.5, 0.6) is 0 Å². The van der Waals surface area contributed by atoms with E-state index in [0.29, 0.717) is 11.2 Å². The molecule has 2 rings (SSSR count). The van der Waals surface area contributed by atoms with Gasteiger partial charge in [0.15, 0.2) is 5.65 Å². The van der Waals surface area contributed by atoms with Gasteiger partial charge in [0.05, 0.1) is 6.42 Å². The number of carboxylic acids is 1. The van der Waals surface area contributed by atoms with Crippen LogP contribution in [0.25, 0.3) is 5.65 Å². The highest BCUT2D eigenvalue weighted by Crippen LogP contribution is 2.11. The maximum absolute atomic E-state index is 10.5. The third kappa shape index (κ3) is 1.54. The van der Waals surface area contributed by atoms with Gasteiger partial charge in [0.1, 0.15) is 0 Å². The van der Waals surface area contributed by atoms with Gasteiger partial charge < -0.3 is 5.11 Å². The lowest BCUT2D eigenvalue weighted by Crippen LogP contribution is -2.02. The van der Waals surface area contributed by atoms with E-state index >= 15 is 0 Å². The van der Waals surface area contributed by atoms with E-state index < -0.39 is 5.97 Å². The van der Waals surface area contributed by atoms with Crippen LogP contribution < -0.4 is 0 Å². The van der Waals surface area contributed by atoms with Gasteiger partial charge in [-0.3, -0.25) is 4.79 Å². The lowest BCUT2D eigenvalue weighted by Gasteiger charge is -1.97. The Morgan fingerprint density at radius 3 is 3.14 bits per heavy atom. The van der Waals surface area contributed by atoms with Crippen LogP contribution in [0.1, 0.15) is 5.56 Å². The number of halogens is 1. The molecule has 0 fully saturated rings. The van der Waals surface area contributed by atoms with Crippen molar-refractivity contribution in [3.05, 3.63) is 29.2 Å². The summed E-state index contributed by atoms with van der Waals surface area (Å²) in [5, 5.41) is 12.6. The molecule has 0 bridgehead atoms. The van der Waals surface area contributed by atoms with Crippen molar-refractivity contribution < 1.29 is 9.90 Å². The maximum atomic E-state index is 10.5. The summed E-state index contributed by atoms with van der Waals surface area (Å²) in [6.07, 6.45) is 1.58. The van der Waals surface area contributed by atoms with Crippen LogP contribution in [-0.2, 0) is 11.2 Å². The first-order valence-corrected chi connectivity index (χ1v) is 4.26. The fourth-order valence-corrected chi connectivity index (χ4v) is 1.40. The molecule has 2 aromatic rings. The Labute approximate surface area is 83.9 Å². The van der Waals surface area contributed by atoms with Crippen LogP contribution in [-0.4, -0.2) is 25.7 Å². The average molecular weight is 212 g/mol. The molecule has 0 spiro atoms. The number of carboxylic acid groups (broad SMARTS) is 1. The predicted octanol–water partition coefficient (Wildman–Crippen LogP) is 1.01. The van der Waals surface area contributed by atoms with E-state index in [1.54, 1.807) is 18.3 Å². The largest absolute Gasteiger partial charge is 0.481 e. The van der Waals surface area contributed by atoms with Gasteiger partial charge in [0.2, 0.25) is 5.28 Å². The van der Waals surface area contributed by atoms with Gasteiger partial charge in [-0.1, -0.05) is 6.07 Å². The van der Waals surface area contributed by atoms with E-state index in [0.717, 1.165) is 0 Å². The van der Waals surface area contributed by atoms with Gasteiger partial charge in [-0.05, 0) is 17.7 Å². The third-order valence-corrected chi connectivity index (χ3v) is 1.92. The molecule has 14 heavy (non-hydrogen) atoms. The molecule has 72 valence electrons. The second-order valence-electron chi connectivity index (χ2n) is 2.75. The summed E-state index contributed by atoms with van der Waals surface area (Å²) in [5.41, 5.74) is 1.08. The van der Waals surface area contributed by atoms with Crippen LogP contribution in [0, 0.1) is 0 Å². The number of aliphatic carboxylic acids is 1. The molecular formula is C8H6ClN3O2. The first-order chi connectivity index (χ1) is 6.66. The zero-order valence-corrected chi connectivity index (χ0v) is 7.77. The number of hydrogen-bond donors (Lipinski definition) is 1. The zero-order chi connectivity index (χ0) is 10.1. The van der Waals surface area contributed by atoms with E-state index in [-0.39, 0.29) is 11.7 Å². The number of pyridine rings is 1. The van der Waals surface area contributed by atoms with Crippen molar-refractivity contribution in [1.82, 2.24) is 14.6 Å². The highest BCUT2D eigenvalue weighted by molar-refractivity contribution is 6.28. The van der Waals surface area contributed by atoms with Crippen molar-refractivity contribution in [2.24, 2.45) is 0 Å². The second kappa shape index (κ2) is 3.26. The summed E-state index contributed by atoms with van der Waals surface area (Å²) in [5.74, 6) is -0.905. The number of fused-ring (bicyclic) bond motifs is 1. The van der Waals surface area contributed by atoms with Crippen molar-refractivity contribution in [2.75, 3.05) is 0 Å². The fraction of sp³-hybridized carbons (Fsp3) is 0.125. The Balaban J connectivity index is 2.58. The molecule has 0 unspecified atom stereocenters. The topological polar surface area (TPSA) is 67.5 Å². The van der Waals surface area contributed by atoms with Gasteiger partial charge in [-0.25, -0.2) is 4.52 Å². The molecule has 2 heterocycles. The molecule has 0 aromatic carbocycles. The zero-order valence-electron chi connectivity index (χ0n) is 7.01. The molecule has 0 saturated heterocycles. The average Bonchev–Trinajstić information content (AvgIpc) is 2.45. The number of nitrogens with zero attached hydrogens (tertiary/aromatic N) is 3. The fourth-order valence-electron chi connectivity index (χ4n) is 1.24. The normalized spacial score (nSPS) is 10.6. The first kappa shape index (κ1) is 8.96. The number of rotatable bonds is 2. The maximum Gasteiger partial charge on any atom is 0.307 e. The highest BCUT2D eigenvalue weighted by Gasteiger charge is 2.08. The SMILES string of the molecule is O=C(O)Cc1cccn2nc(Cl)nc12. The van der Waals surface area contributed by atoms with E-state index in [4.69, 9.17) is 16.7 Å². The second-order valence-corrected chi connectivity index (χ2v) is 3.09. The summed E-state index contributed by atoms with van der Waals surface area (Å²) >= 11 is 5.60. The molecule has 0 amide bonds. The van der Waals surface area contributed by atoms with Gasteiger partial charge in [-0.15, -0.1) is 5.10 Å². The smallest absolute Gasteiger partial charge is 0.307 e. The van der Waals surface area contributed by atoms with Gasteiger partial charge in [-0.2, -0.15) is 4.98 Å². The van der Waals surface area contributed by atoms with Gasteiger partial charge >= 0.3 is 5.97 Å². The number of aromatic nitrogens is 3. The molecular weight excluding hydrogens is 206 g/mol. The lowest BCUT2D eigenvalue weighted by atomic mass is 10.2.